The standard InChI is InChI=1S/C23H27FN8O2/c1-12(19(13-5-6-13)28-23(33)34)26-21-17(24)9-14(11-25)20(29-21)27-15-7-8-18-16(10-15)22(31(2)3)30-32(18)4/h7-10,12-13,19,28H,5-6H2,1-4H3,(H,33,34)(H2,26,27,29)/t12-,19-/m1/s1. The van der Waals surface area contributed by atoms with Crippen LogP contribution < -0.4 is 20.9 Å². The quantitative estimate of drug-likeness (QED) is 0.396. The lowest BCUT2D eigenvalue weighted by atomic mass is 10.1. The Balaban J connectivity index is 1.63. The van der Waals surface area contributed by atoms with E-state index in [1.54, 1.807) is 11.6 Å². The van der Waals surface area contributed by atoms with Crippen molar-refractivity contribution >= 4 is 40.1 Å². The molecule has 34 heavy (non-hydrogen) atoms. The van der Waals surface area contributed by atoms with Crippen molar-refractivity contribution in [2.45, 2.75) is 31.8 Å². The predicted octanol–water partition coefficient (Wildman–Crippen LogP) is 3.64. The SMILES string of the molecule is C[C@@H](Nc1nc(Nc2ccc3c(c2)c(N(C)C)nn3C)c(C#N)cc1F)[C@@H](NC(=O)O)C1CC1. The molecule has 1 fully saturated rings. The van der Waals surface area contributed by atoms with Crippen molar-refractivity contribution in [3.05, 3.63) is 35.6 Å². The van der Waals surface area contributed by atoms with Crippen LogP contribution in [0.3, 0.4) is 0 Å². The van der Waals surface area contributed by atoms with E-state index in [2.05, 4.69) is 26.0 Å². The van der Waals surface area contributed by atoms with E-state index in [0.29, 0.717) is 5.69 Å². The maximum atomic E-state index is 14.8. The summed E-state index contributed by atoms with van der Waals surface area (Å²) in [4.78, 5) is 17.4. The van der Waals surface area contributed by atoms with Crippen LogP contribution in [0.5, 0.6) is 0 Å². The third-order valence-electron chi connectivity index (χ3n) is 5.94. The second-order valence-corrected chi connectivity index (χ2v) is 8.77. The molecule has 0 unspecified atom stereocenters. The Labute approximate surface area is 196 Å². The number of carboxylic acid groups (broad SMARTS) is 1. The molecule has 1 aliphatic rings. The van der Waals surface area contributed by atoms with Crippen LogP contribution in [0.15, 0.2) is 24.3 Å². The van der Waals surface area contributed by atoms with Gasteiger partial charge in [-0.15, -0.1) is 0 Å². The molecule has 0 bridgehead atoms. The number of nitriles is 1. The van der Waals surface area contributed by atoms with Gasteiger partial charge in [0.1, 0.15) is 6.07 Å². The molecule has 1 aliphatic carbocycles. The van der Waals surface area contributed by atoms with Crippen LogP contribution in [-0.2, 0) is 7.05 Å². The van der Waals surface area contributed by atoms with Crippen LogP contribution in [0, 0.1) is 23.1 Å². The molecule has 0 aliphatic heterocycles. The molecule has 2 atom stereocenters. The minimum absolute atomic E-state index is 0.0525. The van der Waals surface area contributed by atoms with E-state index in [9.17, 15) is 14.4 Å². The van der Waals surface area contributed by atoms with Crippen molar-refractivity contribution in [1.29, 1.82) is 5.26 Å². The molecule has 2 heterocycles. The molecule has 0 radical (unpaired) electrons. The summed E-state index contributed by atoms with van der Waals surface area (Å²) in [7, 11) is 5.68. The second-order valence-electron chi connectivity index (χ2n) is 8.77. The summed E-state index contributed by atoms with van der Waals surface area (Å²) in [6.07, 6.45) is 0.710. The van der Waals surface area contributed by atoms with Gasteiger partial charge >= 0.3 is 6.09 Å². The van der Waals surface area contributed by atoms with Gasteiger partial charge in [0.2, 0.25) is 0 Å². The summed E-state index contributed by atoms with van der Waals surface area (Å²) in [5.74, 6) is 0.457. The minimum Gasteiger partial charge on any atom is -0.465 e. The number of fused-ring (bicyclic) bond motifs is 1. The van der Waals surface area contributed by atoms with Crippen LogP contribution in [0.25, 0.3) is 10.9 Å². The van der Waals surface area contributed by atoms with Gasteiger partial charge in [0.15, 0.2) is 23.3 Å². The number of carbonyl (C=O) groups is 1. The van der Waals surface area contributed by atoms with E-state index in [1.807, 2.05) is 50.3 Å². The average Bonchev–Trinajstić information content (AvgIpc) is 3.57. The average molecular weight is 467 g/mol. The Morgan fingerprint density at radius 3 is 2.68 bits per heavy atom. The topological polar surface area (TPSA) is 131 Å². The molecule has 2 aromatic heterocycles. The van der Waals surface area contributed by atoms with Crippen LogP contribution in [0.4, 0.5) is 32.3 Å². The fraction of sp³-hybridized carbons (Fsp3) is 0.391. The van der Waals surface area contributed by atoms with Crippen molar-refractivity contribution in [2.24, 2.45) is 13.0 Å². The van der Waals surface area contributed by atoms with E-state index in [0.717, 1.165) is 35.6 Å². The maximum Gasteiger partial charge on any atom is 0.404 e. The number of nitrogens with zero attached hydrogens (tertiary/aromatic N) is 5. The highest BCUT2D eigenvalue weighted by Gasteiger charge is 2.36. The molecular weight excluding hydrogens is 439 g/mol. The number of aryl methyl sites for hydroxylation is 1. The van der Waals surface area contributed by atoms with Gasteiger partial charge in [-0.25, -0.2) is 14.2 Å². The van der Waals surface area contributed by atoms with Crippen LogP contribution in [0.1, 0.15) is 25.3 Å². The largest absolute Gasteiger partial charge is 0.465 e. The van der Waals surface area contributed by atoms with Gasteiger partial charge < -0.3 is 26.0 Å². The highest BCUT2D eigenvalue weighted by atomic mass is 19.1. The Morgan fingerprint density at radius 2 is 2.06 bits per heavy atom. The third-order valence-corrected chi connectivity index (χ3v) is 5.94. The summed E-state index contributed by atoms with van der Waals surface area (Å²) < 4.78 is 16.5. The highest BCUT2D eigenvalue weighted by molar-refractivity contribution is 5.93. The van der Waals surface area contributed by atoms with Crippen molar-refractivity contribution in [1.82, 2.24) is 20.1 Å². The second kappa shape index (κ2) is 9.05. The number of benzene rings is 1. The van der Waals surface area contributed by atoms with Gasteiger partial charge in [-0.3, -0.25) is 4.68 Å². The van der Waals surface area contributed by atoms with Crippen molar-refractivity contribution in [3.63, 3.8) is 0 Å². The molecule has 0 saturated heterocycles. The number of hydrogen-bond donors (Lipinski definition) is 4. The molecular formula is C23H27FN8O2. The summed E-state index contributed by atoms with van der Waals surface area (Å²) in [6, 6.07) is 7.97. The first-order chi connectivity index (χ1) is 16.2. The van der Waals surface area contributed by atoms with Gasteiger partial charge in [0, 0.05) is 38.3 Å². The molecule has 178 valence electrons. The fourth-order valence-corrected chi connectivity index (χ4v) is 4.12. The molecule has 11 heteroatoms. The molecule has 10 nitrogen and oxygen atoms in total. The molecule has 1 aromatic carbocycles. The lowest BCUT2D eigenvalue weighted by Gasteiger charge is -2.25. The molecule has 4 N–H and O–H groups in total. The van der Waals surface area contributed by atoms with E-state index >= 15 is 0 Å². The number of halogens is 1. The van der Waals surface area contributed by atoms with Gasteiger partial charge in [-0.2, -0.15) is 10.4 Å². The van der Waals surface area contributed by atoms with E-state index < -0.39 is 18.0 Å². The van der Waals surface area contributed by atoms with Gasteiger partial charge in [0.05, 0.1) is 17.1 Å². The summed E-state index contributed by atoms with van der Waals surface area (Å²) >= 11 is 0. The normalized spacial score (nSPS) is 14.8. The predicted molar refractivity (Wildman–Crippen MR) is 128 cm³/mol. The van der Waals surface area contributed by atoms with Gasteiger partial charge in [-0.05, 0) is 49.9 Å². The number of aromatic nitrogens is 3. The first-order valence-corrected chi connectivity index (χ1v) is 11.0. The smallest absolute Gasteiger partial charge is 0.404 e. The van der Waals surface area contributed by atoms with Crippen molar-refractivity contribution in [3.8, 4) is 6.07 Å². The zero-order valence-corrected chi connectivity index (χ0v) is 19.4. The zero-order chi connectivity index (χ0) is 24.6. The monoisotopic (exact) mass is 466 g/mol. The van der Waals surface area contributed by atoms with E-state index in [4.69, 9.17) is 5.11 Å². The lowest BCUT2D eigenvalue weighted by molar-refractivity contribution is 0.186. The maximum absolute atomic E-state index is 14.8. The van der Waals surface area contributed by atoms with Crippen LogP contribution in [0.2, 0.25) is 0 Å². The van der Waals surface area contributed by atoms with Gasteiger partial charge in [-0.1, -0.05) is 0 Å². The van der Waals surface area contributed by atoms with Crippen LogP contribution >= 0.6 is 0 Å². The van der Waals surface area contributed by atoms with E-state index in [-0.39, 0.29) is 29.2 Å². The Kier molecular flexibility index (Phi) is 6.15. The summed E-state index contributed by atoms with van der Waals surface area (Å²) in [6.45, 7) is 1.78. The Morgan fingerprint density at radius 1 is 1.32 bits per heavy atom. The Hall–Kier alpha value is -4.07. The Bertz CT molecular complexity index is 1280. The number of anilines is 4. The molecule has 3 aromatic rings. The lowest BCUT2D eigenvalue weighted by Crippen LogP contribution is -2.46. The first-order valence-electron chi connectivity index (χ1n) is 11.0. The number of amides is 1. The molecule has 1 saturated carbocycles. The van der Waals surface area contributed by atoms with E-state index in [1.165, 1.54) is 0 Å². The van der Waals surface area contributed by atoms with Crippen molar-refractivity contribution < 1.29 is 14.3 Å². The minimum atomic E-state index is -1.12. The summed E-state index contributed by atoms with van der Waals surface area (Å²) in [5, 5.41) is 32.8. The third kappa shape index (κ3) is 4.66. The highest BCUT2D eigenvalue weighted by Crippen LogP contribution is 2.35. The fourth-order valence-electron chi connectivity index (χ4n) is 4.12. The van der Waals surface area contributed by atoms with Gasteiger partial charge in [0.25, 0.3) is 0 Å². The number of rotatable bonds is 8. The molecule has 1 amide bonds. The van der Waals surface area contributed by atoms with Crippen LogP contribution in [-0.4, -0.2) is 52.1 Å². The number of pyridine rings is 1. The number of hydrogen-bond acceptors (Lipinski definition) is 7. The first kappa shape index (κ1) is 23.1. The molecule has 4 rings (SSSR count). The van der Waals surface area contributed by atoms with Crippen molar-refractivity contribution in [2.75, 3.05) is 29.6 Å². The zero-order valence-electron chi connectivity index (χ0n) is 19.4. The molecule has 0 spiro atoms. The summed E-state index contributed by atoms with van der Waals surface area (Å²) in [5.41, 5.74) is 1.66. The number of nitrogens with one attached hydrogen (secondary N) is 3.